The fourth-order valence-corrected chi connectivity index (χ4v) is 2.73. The second kappa shape index (κ2) is 8.91. The molecule has 150 valence electrons. The smallest absolute Gasteiger partial charge is 0.338 e. The number of anilines is 1. The van der Waals surface area contributed by atoms with Gasteiger partial charge in [0, 0.05) is 5.69 Å². The number of rotatable bonds is 6. The third kappa shape index (κ3) is 5.35. The van der Waals surface area contributed by atoms with Crippen LogP contribution < -0.4 is 10.1 Å². The van der Waals surface area contributed by atoms with Gasteiger partial charge in [0.15, 0.2) is 6.10 Å². The number of ether oxygens (including phenoxy) is 2. The normalized spacial score (nSPS) is 12.2. The van der Waals surface area contributed by atoms with Crippen LogP contribution in [0.25, 0.3) is 0 Å². The van der Waals surface area contributed by atoms with Gasteiger partial charge < -0.3 is 14.8 Å². The molecule has 2 rings (SSSR count). The molecule has 1 amide bonds. The molecule has 0 aliphatic rings. The van der Waals surface area contributed by atoms with Gasteiger partial charge in [-0.3, -0.25) is 4.79 Å². The number of benzene rings is 2. The maximum absolute atomic E-state index is 12.5. The highest BCUT2D eigenvalue weighted by Gasteiger charge is 2.19. The molecule has 0 radical (unpaired) electrons. The molecule has 0 aliphatic carbocycles. The van der Waals surface area contributed by atoms with Gasteiger partial charge in [0.1, 0.15) is 5.75 Å². The van der Waals surface area contributed by atoms with Crippen molar-refractivity contribution in [3.63, 3.8) is 0 Å². The molecule has 0 saturated carbocycles. The lowest BCUT2D eigenvalue weighted by Crippen LogP contribution is -2.30. The maximum Gasteiger partial charge on any atom is 0.338 e. The van der Waals surface area contributed by atoms with Gasteiger partial charge in [-0.15, -0.1) is 0 Å². The van der Waals surface area contributed by atoms with Gasteiger partial charge in [-0.1, -0.05) is 39.0 Å². The van der Waals surface area contributed by atoms with Gasteiger partial charge in [-0.05, 0) is 61.6 Å². The molecule has 5 nitrogen and oxygen atoms in total. The van der Waals surface area contributed by atoms with Crippen LogP contribution in [0, 0.1) is 6.92 Å². The average Bonchev–Trinajstić information content (AvgIpc) is 2.63. The van der Waals surface area contributed by atoms with Gasteiger partial charge in [0.2, 0.25) is 0 Å². The van der Waals surface area contributed by atoms with Gasteiger partial charge >= 0.3 is 5.97 Å². The van der Waals surface area contributed by atoms with Crippen molar-refractivity contribution in [3.8, 4) is 5.75 Å². The Morgan fingerprint density at radius 2 is 1.71 bits per heavy atom. The van der Waals surface area contributed by atoms with Gasteiger partial charge in [-0.2, -0.15) is 0 Å². The highest BCUT2D eigenvalue weighted by molar-refractivity contribution is 5.98. The zero-order chi connectivity index (χ0) is 20.9. The summed E-state index contributed by atoms with van der Waals surface area (Å²) in [6, 6.07) is 12.9. The number of hydrogen-bond donors (Lipinski definition) is 1. The number of esters is 1. The lowest BCUT2D eigenvalue weighted by atomic mass is 9.87. The molecular weight excluding hydrogens is 354 g/mol. The molecule has 1 atom stereocenters. The summed E-state index contributed by atoms with van der Waals surface area (Å²) in [7, 11) is 0. The summed E-state index contributed by atoms with van der Waals surface area (Å²) < 4.78 is 10.8. The molecule has 0 spiro atoms. The second-order valence-electron chi connectivity index (χ2n) is 7.72. The predicted molar refractivity (Wildman–Crippen MR) is 111 cm³/mol. The van der Waals surface area contributed by atoms with Crippen molar-refractivity contribution in [1.29, 1.82) is 0 Å². The highest BCUT2D eigenvalue weighted by atomic mass is 16.5. The van der Waals surface area contributed by atoms with E-state index in [0.717, 1.165) is 0 Å². The first-order valence-corrected chi connectivity index (χ1v) is 9.48. The first kappa shape index (κ1) is 21.5. The SMILES string of the molecule is CCOC(=O)c1cccc(NC(=O)[C@H](C)Oc2ccc(C(C)(C)C)cc2)c1C. The van der Waals surface area contributed by atoms with Crippen LogP contribution in [0.15, 0.2) is 42.5 Å². The van der Waals surface area contributed by atoms with Crippen molar-refractivity contribution in [1.82, 2.24) is 0 Å². The van der Waals surface area contributed by atoms with E-state index < -0.39 is 12.1 Å². The predicted octanol–water partition coefficient (Wildman–Crippen LogP) is 4.88. The van der Waals surface area contributed by atoms with E-state index in [2.05, 4.69) is 26.1 Å². The third-order valence-corrected chi connectivity index (χ3v) is 4.49. The van der Waals surface area contributed by atoms with E-state index in [4.69, 9.17) is 9.47 Å². The molecule has 0 fully saturated rings. The number of amides is 1. The summed E-state index contributed by atoms with van der Waals surface area (Å²) in [6.45, 7) is 12.0. The van der Waals surface area contributed by atoms with Gasteiger partial charge in [0.25, 0.3) is 5.91 Å². The Balaban J connectivity index is 2.06. The molecule has 1 N–H and O–H groups in total. The zero-order valence-electron chi connectivity index (χ0n) is 17.5. The minimum absolute atomic E-state index is 0.0585. The Hall–Kier alpha value is -2.82. The van der Waals surface area contributed by atoms with Crippen LogP contribution in [0.5, 0.6) is 5.75 Å². The summed E-state index contributed by atoms with van der Waals surface area (Å²) in [5.74, 6) is -0.0593. The topological polar surface area (TPSA) is 64.6 Å². The molecule has 0 aliphatic heterocycles. The average molecular weight is 383 g/mol. The molecule has 2 aromatic carbocycles. The first-order chi connectivity index (χ1) is 13.1. The molecular formula is C23H29NO4. The third-order valence-electron chi connectivity index (χ3n) is 4.49. The van der Waals surface area contributed by atoms with Crippen LogP contribution in [0.2, 0.25) is 0 Å². The molecule has 0 saturated heterocycles. The van der Waals surface area contributed by atoms with E-state index in [9.17, 15) is 9.59 Å². The molecule has 0 unspecified atom stereocenters. The van der Waals surface area contributed by atoms with Crippen molar-refractivity contribution < 1.29 is 19.1 Å². The van der Waals surface area contributed by atoms with E-state index in [-0.39, 0.29) is 11.3 Å². The lowest BCUT2D eigenvalue weighted by molar-refractivity contribution is -0.122. The van der Waals surface area contributed by atoms with Crippen LogP contribution in [0.1, 0.15) is 56.1 Å². The zero-order valence-corrected chi connectivity index (χ0v) is 17.5. The number of carbonyl (C=O) groups excluding carboxylic acids is 2. The largest absolute Gasteiger partial charge is 0.481 e. The fraction of sp³-hybridized carbons (Fsp3) is 0.391. The second-order valence-corrected chi connectivity index (χ2v) is 7.72. The maximum atomic E-state index is 12.5. The Bertz CT molecular complexity index is 835. The van der Waals surface area contributed by atoms with E-state index in [0.29, 0.717) is 29.2 Å². The van der Waals surface area contributed by atoms with Crippen LogP contribution in [-0.4, -0.2) is 24.6 Å². The minimum Gasteiger partial charge on any atom is -0.481 e. The van der Waals surface area contributed by atoms with E-state index in [1.54, 1.807) is 39.0 Å². The Kier molecular flexibility index (Phi) is 6.84. The number of nitrogens with one attached hydrogen (secondary N) is 1. The molecule has 28 heavy (non-hydrogen) atoms. The molecule has 5 heteroatoms. The number of hydrogen-bond acceptors (Lipinski definition) is 4. The molecule has 2 aromatic rings. The summed E-state index contributed by atoms with van der Waals surface area (Å²) in [4.78, 5) is 24.6. The van der Waals surface area contributed by atoms with Crippen molar-refractivity contribution in [2.75, 3.05) is 11.9 Å². The van der Waals surface area contributed by atoms with E-state index in [1.807, 2.05) is 24.3 Å². The van der Waals surface area contributed by atoms with Crippen molar-refractivity contribution >= 4 is 17.6 Å². The summed E-state index contributed by atoms with van der Waals surface area (Å²) >= 11 is 0. The summed E-state index contributed by atoms with van der Waals surface area (Å²) in [6.07, 6.45) is -0.689. The minimum atomic E-state index is -0.689. The van der Waals surface area contributed by atoms with E-state index >= 15 is 0 Å². The Morgan fingerprint density at radius 3 is 2.29 bits per heavy atom. The van der Waals surface area contributed by atoms with E-state index in [1.165, 1.54) is 5.56 Å². The fourth-order valence-electron chi connectivity index (χ4n) is 2.73. The van der Waals surface area contributed by atoms with Gasteiger partial charge in [0.05, 0.1) is 12.2 Å². The van der Waals surface area contributed by atoms with Gasteiger partial charge in [-0.25, -0.2) is 4.79 Å². The summed E-state index contributed by atoms with van der Waals surface area (Å²) in [5, 5.41) is 2.83. The van der Waals surface area contributed by atoms with Crippen LogP contribution >= 0.6 is 0 Å². The van der Waals surface area contributed by atoms with Crippen LogP contribution in [0.3, 0.4) is 0 Å². The number of carbonyl (C=O) groups is 2. The van der Waals surface area contributed by atoms with Crippen LogP contribution in [-0.2, 0) is 14.9 Å². The van der Waals surface area contributed by atoms with Crippen molar-refractivity contribution in [3.05, 3.63) is 59.2 Å². The van der Waals surface area contributed by atoms with Crippen molar-refractivity contribution in [2.45, 2.75) is 53.1 Å². The molecule has 0 aromatic heterocycles. The molecule has 0 heterocycles. The Labute approximate surface area is 167 Å². The molecule has 0 bridgehead atoms. The standard InChI is InChI=1S/C23H29NO4/c1-7-27-22(26)19-9-8-10-20(15(19)2)24-21(25)16(3)28-18-13-11-17(12-14-18)23(4,5)6/h8-14,16H,7H2,1-6H3,(H,24,25)/t16-/m0/s1. The highest BCUT2D eigenvalue weighted by Crippen LogP contribution is 2.25. The first-order valence-electron chi connectivity index (χ1n) is 9.48. The summed E-state index contributed by atoms with van der Waals surface area (Å²) in [5.41, 5.74) is 2.92. The van der Waals surface area contributed by atoms with Crippen LogP contribution in [0.4, 0.5) is 5.69 Å². The van der Waals surface area contributed by atoms with Crippen molar-refractivity contribution in [2.24, 2.45) is 0 Å². The quantitative estimate of drug-likeness (QED) is 0.723. The Morgan fingerprint density at radius 1 is 1.07 bits per heavy atom. The lowest BCUT2D eigenvalue weighted by Gasteiger charge is -2.20. The monoisotopic (exact) mass is 383 g/mol.